The van der Waals surface area contributed by atoms with Crippen LogP contribution in [0.5, 0.6) is 5.88 Å². The average Bonchev–Trinajstić information content (AvgIpc) is 2.86. The Morgan fingerprint density at radius 2 is 1.65 bits per heavy atom. The number of hydrogen-bond acceptors (Lipinski definition) is 6. The number of ether oxygens (including phenoxy) is 1. The van der Waals surface area contributed by atoms with Crippen LogP contribution in [0.4, 0.5) is 10.2 Å². The molecule has 0 fully saturated rings. The van der Waals surface area contributed by atoms with E-state index in [9.17, 15) is 4.39 Å². The van der Waals surface area contributed by atoms with Crippen molar-refractivity contribution in [3.63, 3.8) is 0 Å². The Balaban J connectivity index is 1.67. The number of rotatable bonds is 5. The van der Waals surface area contributed by atoms with Crippen molar-refractivity contribution in [1.29, 1.82) is 0 Å². The normalized spacial score (nSPS) is 12.0. The molecule has 5 aromatic rings. The molecule has 0 saturated carbocycles. The maximum atomic E-state index is 13.6. The Morgan fingerprint density at radius 3 is 2.41 bits per heavy atom. The molecule has 168 valence electrons. The van der Waals surface area contributed by atoms with Crippen molar-refractivity contribution in [2.24, 2.45) is 0 Å². The van der Waals surface area contributed by atoms with Gasteiger partial charge in [0.1, 0.15) is 17.6 Å². The first-order valence-corrected chi connectivity index (χ1v) is 10.9. The summed E-state index contributed by atoms with van der Waals surface area (Å²) in [6.07, 6.45) is 2.97. The molecule has 8 heteroatoms. The fourth-order valence-corrected chi connectivity index (χ4v) is 3.93. The van der Waals surface area contributed by atoms with Gasteiger partial charge < -0.3 is 10.5 Å². The molecule has 3 heterocycles. The minimum atomic E-state index is -0.410. The number of aromatic nitrogens is 4. The molecule has 5 rings (SSSR count). The van der Waals surface area contributed by atoms with E-state index in [1.165, 1.54) is 12.1 Å². The number of fused-ring (bicyclic) bond motifs is 1. The third-order valence-corrected chi connectivity index (χ3v) is 5.62. The van der Waals surface area contributed by atoms with Gasteiger partial charge in [0, 0.05) is 28.9 Å². The molecule has 0 bridgehead atoms. The second-order valence-corrected chi connectivity index (χ2v) is 8.07. The van der Waals surface area contributed by atoms with Gasteiger partial charge in [0.2, 0.25) is 0 Å². The molecule has 0 spiro atoms. The van der Waals surface area contributed by atoms with Crippen molar-refractivity contribution < 1.29 is 9.13 Å². The fourth-order valence-electron chi connectivity index (χ4n) is 3.66. The summed E-state index contributed by atoms with van der Waals surface area (Å²) in [5.74, 6) is -0.0731. The lowest BCUT2D eigenvalue weighted by Gasteiger charge is -2.17. The largest absolute Gasteiger partial charge is 0.466 e. The molecule has 0 aliphatic heterocycles. The standard InChI is InChI=1S/C26H19ClFN5O/c1-15(21-6-2-3-11-30-21)34-26-25(29)32-23(16-7-9-19(28)10-8-16)24(33-26)18-13-17-5-4-12-31-22(17)20(27)14-18/h2-15H,1H3,(H2,29,32). The van der Waals surface area contributed by atoms with E-state index in [2.05, 4.69) is 15.0 Å². The molecule has 0 aliphatic rings. The van der Waals surface area contributed by atoms with Gasteiger partial charge in [0.25, 0.3) is 5.88 Å². The van der Waals surface area contributed by atoms with E-state index < -0.39 is 6.10 Å². The van der Waals surface area contributed by atoms with E-state index in [1.54, 1.807) is 30.6 Å². The SMILES string of the molecule is CC(Oc1nc(-c2cc(Cl)c3ncccc3c2)c(-c2ccc(F)cc2)nc1N)c1ccccn1. The van der Waals surface area contributed by atoms with Crippen molar-refractivity contribution in [3.05, 3.63) is 95.7 Å². The summed E-state index contributed by atoms with van der Waals surface area (Å²) < 4.78 is 19.6. The van der Waals surface area contributed by atoms with Gasteiger partial charge in [-0.2, -0.15) is 0 Å². The van der Waals surface area contributed by atoms with Crippen LogP contribution in [-0.4, -0.2) is 19.9 Å². The highest BCUT2D eigenvalue weighted by Crippen LogP contribution is 2.37. The number of anilines is 1. The topological polar surface area (TPSA) is 86.8 Å². The Bertz CT molecular complexity index is 1480. The molecule has 1 atom stereocenters. The van der Waals surface area contributed by atoms with Gasteiger partial charge in [-0.15, -0.1) is 0 Å². The van der Waals surface area contributed by atoms with Gasteiger partial charge in [0.15, 0.2) is 5.82 Å². The molecule has 3 aromatic heterocycles. The molecule has 6 nitrogen and oxygen atoms in total. The number of nitrogens with zero attached hydrogens (tertiary/aromatic N) is 4. The first-order chi connectivity index (χ1) is 16.5. The van der Waals surface area contributed by atoms with Gasteiger partial charge in [-0.1, -0.05) is 23.7 Å². The molecular formula is C26H19ClFN5O. The van der Waals surface area contributed by atoms with Crippen LogP contribution in [0.2, 0.25) is 5.02 Å². The van der Waals surface area contributed by atoms with Gasteiger partial charge >= 0.3 is 0 Å². The summed E-state index contributed by atoms with van der Waals surface area (Å²) in [5, 5.41) is 1.32. The Hall–Kier alpha value is -4.10. The molecule has 2 aromatic carbocycles. The van der Waals surface area contributed by atoms with Crippen LogP contribution >= 0.6 is 11.6 Å². The maximum Gasteiger partial charge on any atom is 0.258 e. The zero-order valence-corrected chi connectivity index (χ0v) is 18.9. The fraction of sp³-hybridized carbons (Fsp3) is 0.0769. The Kier molecular flexibility index (Phi) is 5.77. The van der Waals surface area contributed by atoms with Crippen LogP contribution in [0.15, 0.2) is 79.1 Å². The first-order valence-electron chi connectivity index (χ1n) is 10.6. The van der Waals surface area contributed by atoms with Crippen LogP contribution in [-0.2, 0) is 0 Å². The zero-order chi connectivity index (χ0) is 23.7. The third-order valence-electron chi connectivity index (χ3n) is 5.33. The predicted molar refractivity (Wildman–Crippen MR) is 131 cm³/mol. The molecule has 0 amide bonds. The molecular weight excluding hydrogens is 453 g/mol. The van der Waals surface area contributed by atoms with Gasteiger partial charge in [-0.25, -0.2) is 14.4 Å². The van der Waals surface area contributed by atoms with E-state index in [0.29, 0.717) is 33.1 Å². The third kappa shape index (κ3) is 4.25. The Morgan fingerprint density at radius 1 is 0.882 bits per heavy atom. The molecule has 0 saturated heterocycles. The lowest BCUT2D eigenvalue weighted by Crippen LogP contribution is -2.10. The summed E-state index contributed by atoms with van der Waals surface area (Å²) >= 11 is 6.54. The van der Waals surface area contributed by atoms with Crippen LogP contribution in [0, 0.1) is 5.82 Å². The molecule has 1 unspecified atom stereocenters. The van der Waals surface area contributed by atoms with Crippen molar-refractivity contribution in [1.82, 2.24) is 19.9 Å². The second kappa shape index (κ2) is 9.03. The van der Waals surface area contributed by atoms with Crippen molar-refractivity contribution in [2.45, 2.75) is 13.0 Å². The number of halogens is 2. The van der Waals surface area contributed by atoms with E-state index in [-0.39, 0.29) is 17.5 Å². The van der Waals surface area contributed by atoms with Gasteiger partial charge in [-0.3, -0.25) is 9.97 Å². The highest BCUT2D eigenvalue weighted by atomic mass is 35.5. The number of nitrogens with two attached hydrogens (primary N) is 1. The van der Waals surface area contributed by atoms with Crippen molar-refractivity contribution in [2.75, 3.05) is 5.73 Å². The van der Waals surface area contributed by atoms with E-state index in [1.807, 2.05) is 43.3 Å². The first kappa shape index (κ1) is 21.7. The highest BCUT2D eigenvalue weighted by Gasteiger charge is 2.20. The smallest absolute Gasteiger partial charge is 0.258 e. The Labute approximate surface area is 200 Å². The van der Waals surface area contributed by atoms with Crippen LogP contribution in [0.3, 0.4) is 0 Å². The highest BCUT2D eigenvalue weighted by molar-refractivity contribution is 6.35. The summed E-state index contributed by atoms with van der Waals surface area (Å²) in [6.45, 7) is 1.86. The van der Waals surface area contributed by atoms with Crippen molar-refractivity contribution in [3.8, 4) is 28.4 Å². The number of hydrogen-bond donors (Lipinski definition) is 1. The minimum Gasteiger partial charge on any atom is -0.466 e. The zero-order valence-electron chi connectivity index (χ0n) is 18.1. The number of pyridine rings is 2. The second-order valence-electron chi connectivity index (χ2n) is 7.67. The molecule has 0 aliphatic carbocycles. The maximum absolute atomic E-state index is 13.6. The quantitative estimate of drug-likeness (QED) is 0.325. The van der Waals surface area contributed by atoms with Crippen LogP contribution in [0.1, 0.15) is 18.7 Å². The minimum absolute atomic E-state index is 0.111. The van der Waals surface area contributed by atoms with Crippen LogP contribution in [0.25, 0.3) is 33.4 Å². The summed E-state index contributed by atoms with van der Waals surface area (Å²) in [4.78, 5) is 18.0. The predicted octanol–water partition coefficient (Wildman–Crippen LogP) is 6.27. The lowest BCUT2D eigenvalue weighted by atomic mass is 10.0. The van der Waals surface area contributed by atoms with Gasteiger partial charge in [0.05, 0.1) is 21.9 Å². The lowest BCUT2D eigenvalue weighted by molar-refractivity contribution is 0.213. The van der Waals surface area contributed by atoms with E-state index in [4.69, 9.17) is 27.1 Å². The van der Waals surface area contributed by atoms with Gasteiger partial charge in [-0.05, 0) is 61.5 Å². The molecule has 2 N–H and O–H groups in total. The van der Waals surface area contributed by atoms with Crippen molar-refractivity contribution >= 4 is 28.3 Å². The number of nitrogen functional groups attached to an aromatic ring is 1. The molecule has 0 radical (unpaired) electrons. The summed E-state index contributed by atoms with van der Waals surface area (Å²) in [6, 6.07) is 19.0. The van der Waals surface area contributed by atoms with E-state index >= 15 is 0 Å². The molecule has 34 heavy (non-hydrogen) atoms. The number of benzene rings is 2. The summed E-state index contributed by atoms with van der Waals surface area (Å²) in [7, 11) is 0. The monoisotopic (exact) mass is 471 g/mol. The summed E-state index contributed by atoms with van der Waals surface area (Å²) in [5.41, 5.74) is 10.00. The van der Waals surface area contributed by atoms with Crippen LogP contribution < -0.4 is 10.5 Å². The van der Waals surface area contributed by atoms with E-state index in [0.717, 1.165) is 11.1 Å². The average molecular weight is 472 g/mol.